The van der Waals surface area contributed by atoms with Crippen LogP contribution in [0.3, 0.4) is 0 Å². The van der Waals surface area contributed by atoms with E-state index in [0.29, 0.717) is 0 Å². The van der Waals surface area contributed by atoms with E-state index in [9.17, 15) is 0 Å². The number of nitrogens with zero attached hydrogens (tertiary/aromatic N) is 1. The van der Waals surface area contributed by atoms with Crippen molar-refractivity contribution >= 4 is 0 Å². The highest BCUT2D eigenvalue weighted by molar-refractivity contribution is 5.14. The second-order valence-electron chi connectivity index (χ2n) is 8.27. The quantitative estimate of drug-likeness (QED) is 0.222. The second kappa shape index (κ2) is 18.5. The molecule has 1 nitrogen and oxygen atoms in total. The molecule has 1 rings (SSSR count). The smallest absolute Gasteiger partial charge is 0.00217 e. The van der Waals surface area contributed by atoms with Gasteiger partial charge in [0.1, 0.15) is 0 Å². The average Bonchev–Trinajstić information content (AvgIpc) is 2.71. The maximum atomic E-state index is 2.62. The molecule has 156 valence electrons. The minimum Gasteiger partial charge on any atom is -0.303 e. The molecular formula is C26H47N. The number of hydrogen-bond donors (Lipinski definition) is 0. The van der Waals surface area contributed by atoms with E-state index in [1.807, 2.05) is 0 Å². The Labute approximate surface area is 170 Å². The van der Waals surface area contributed by atoms with Crippen LogP contribution in [0.4, 0.5) is 0 Å². The molecule has 0 fully saturated rings. The van der Waals surface area contributed by atoms with Crippen molar-refractivity contribution in [1.82, 2.24) is 4.90 Å². The fourth-order valence-corrected chi connectivity index (χ4v) is 3.89. The predicted octanol–water partition coefficient (Wildman–Crippen LogP) is 8.03. The molecule has 0 bridgehead atoms. The van der Waals surface area contributed by atoms with Crippen molar-refractivity contribution in [2.24, 2.45) is 0 Å². The number of likely N-dealkylation sites (N-methyl/N-ethyl adjacent to an activating group) is 1. The summed E-state index contributed by atoms with van der Waals surface area (Å²) in [4.78, 5) is 2.62. The summed E-state index contributed by atoms with van der Waals surface area (Å²) < 4.78 is 0. The van der Waals surface area contributed by atoms with Crippen molar-refractivity contribution in [2.75, 3.05) is 19.6 Å². The number of rotatable bonds is 19. The molecule has 27 heavy (non-hydrogen) atoms. The van der Waals surface area contributed by atoms with Crippen LogP contribution in [0.15, 0.2) is 30.3 Å². The van der Waals surface area contributed by atoms with Gasteiger partial charge >= 0.3 is 0 Å². The summed E-state index contributed by atoms with van der Waals surface area (Å²) in [5, 5.41) is 0. The van der Waals surface area contributed by atoms with Gasteiger partial charge in [-0.1, -0.05) is 128 Å². The lowest BCUT2D eigenvalue weighted by Crippen LogP contribution is -2.27. The Morgan fingerprint density at radius 3 is 1.52 bits per heavy atom. The minimum atomic E-state index is 1.19. The minimum absolute atomic E-state index is 1.19. The van der Waals surface area contributed by atoms with Gasteiger partial charge in [-0.05, 0) is 31.5 Å². The van der Waals surface area contributed by atoms with Gasteiger partial charge in [0.2, 0.25) is 0 Å². The van der Waals surface area contributed by atoms with E-state index < -0.39 is 0 Å². The Morgan fingerprint density at radius 1 is 0.556 bits per heavy atom. The highest BCUT2D eigenvalue weighted by Gasteiger charge is 2.02. The van der Waals surface area contributed by atoms with Crippen molar-refractivity contribution in [2.45, 2.75) is 110 Å². The van der Waals surface area contributed by atoms with Crippen LogP contribution in [-0.2, 0) is 6.42 Å². The molecule has 0 heterocycles. The zero-order chi connectivity index (χ0) is 19.4. The van der Waals surface area contributed by atoms with Gasteiger partial charge in [-0.15, -0.1) is 0 Å². The van der Waals surface area contributed by atoms with E-state index in [1.165, 1.54) is 122 Å². The van der Waals surface area contributed by atoms with Crippen molar-refractivity contribution in [1.29, 1.82) is 0 Å². The first-order chi connectivity index (χ1) is 13.4. The van der Waals surface area contributed by atoms with Crippen LogP contribution in [0.1, 0.15) is 109 Å². The number of hydrogen-bond acceptors (Lipinski definition) is 1. The van der Waals surface area contributed by atoms with Crippen LogP contribution in [0.5, 0.6) is 0 Å². The maximum absolute atomic E-state index is 2.62. The molecule has 0 saturated heterocycles. The summed E-state index contributed by atoms with van der Waals surface area (Å²) in [6, 6.07) is 10.9. The molecule has 0 aliphatic heterocycles. The van der Waals surface area contributed by atoms with E-state index in [0.717, 1.165) is 0 Å². The summed E-state index contributed by atoms with van der Waals surface area (Å²) in [7, 11) is 0. The summed E-state index contributed by atoms with van der Waals surface area (Å²) in [6.45, 7) is 8.27. The largest absolute Gasteiger partial charge is 0.303 e. The molecule has 0 atom stereocenters. The van der Waals surface area contributed by atoms with Gasteiger partial charge in [0.25, 0.3) is 0 Å². The monoisotopic (exact) mass is 373 g/mol. The first-order valence-electron chi connectivity index (χ1n) is 12.1. The van der Waals surface area contributed by atoms with Crippen LogP contribution in [0, 0.1) is 0 Å². The predicted molar refractivity (Wildman–Crippen MR) is 123 cm³/mol. The van der Waals surface area contributed by atoms with Crippen LogP contribution >= 0.6 is 0 Å². The van der Waals surface area contributed by atoms with Crippen LogP contribution in [0.25, 0.3) is 0 Å². The van der Waals surface area contributed by atoms with Gasteiger partial charge in [-0.25, -0.2) is 0 Å². The Balaban J connectivity index is 1.84. The third-order valence-electron chi connectivity index (χ3n) is 5.83. The van der Waals surface area contributed by atoms with Gasteiger partial charge in [0.05, 0.1) is 0 Å². The third-order valence-corrected chi connectivity index (χ3v) is 5.83. The molecule has 0 radical (unpaired) electrons. The summed E-state index contributed by atoms with van der Waals surface area (Å²) in [6.07, 6.45) is 21.4. The SMILES string of the molecule is CCCCCCCCCCCCCCCCN(CC)CCc1ccccc1. The topological polar surface area (TPSA) is 3.24 Å². The Bertz CT molecular complexity index is 400. The first-order valence-corrected chi connectivity index (χ1v) is 12.1. The fourth-order valence-electron chi connectivity index (χ4n) is 3.89. The van der Waals surface area contributed by atoms with Gasteiger partial charge in [0.15, 0.2) is 0 Å². The van der Waals surface area contributed by atoms with E-state index in [-0.39, 0.29) is 0 Å². The van der Waals surface area contributed by atoms with Crippen molar-refractivity contribution in [3.63, 3.8) is 0 Å². The molecule has 0 amide bonds. The van der Waals surface area contributed by atoms with E-state index in [4.69, 9.17) is 0 Å². The van der Waals surface area contributed by atoms with E-state index in [1.54, 1.807) is 0 Å². The maximum Gasteiger partial charge on any atom is 0.00217 e. The van der Waals surface area contributed by atoms with Gasteiger partial charge in [0, 0.05) is 6.54 Å². The summed E-state index contributed by atoms with van der Waals surface area (Å²) >= 11 is 0. The van der Waals surface area contributed by atoms with Gasteiger partial charge in [-0.3, -0.25) is 0 Å². The zero-order valence-electron chi connectivity index (χ0n) is 18.6. The average molecular weight is 374 g/mol. The molecule has 0 saturated carbocycles. The van der Waals surface area contributed by atoms with E-state index >= 15 is 0 Å². The van der Waals surface area contributed by atoms with Gasteiger partial charge < -0.3 is 4.90 Å². The van der Waals surface area contributed by atoms with Crippen LogP contribution in [0.2, 0.25) is 0 Å². The standard InChI is InChI=1S/C26H47N/c1-3-5-6-7-8-9-10-11-12-13-14-15-16-20-24-27(4-2)25-23-26-21-18-17-19-22-26/h17-19,21-22H,3-16,20,23-25H2,1-2H3. The molecule has 0 unspecified atom stereocenters. The van der Waals surface area contributed by atoms with Crippen molar-refractivity contribution in [3.8, 4) is 0 Å². The number of benzene rings is 1. The van der Waals surface area contributed by atoms with E-state index in [2.05, 4.69) is 49.1 Å². The van der Waals surface area contributed by atoms with Crippen molar-refractivity contribution in [3.05, 3.63) is 35.9 Å². The Kier molecular flexibility index (Phi) is 16.6. The molecular weight excluding hydrogens is 326 g/mol. The lowest BCUT2D eigenvalue weighted by atomic mass is 10.0. The Morgan fingerprint density at radius 2 is 1.04 bits per heavy atom. The van der Waals surface area contributed by atoms with Gasteiger partial charge in [-0.2, -0.15) is 0 Å². The fraction of sp³-hybridized carbons (Fsp3) is 0.769. The van der Waals surface area contributed by atoms with Crippen LogP contribution < -0.4 is 0 Å². The molecule has 1 aromatic carbocycles. The molecule has 0 aliphatic rings. The molecule has 0 spiro atoms. The first kappa shape index (κ1) is 24.2. The normalized spacial score (nSPS) is 11.4. The highest BCUT2D eigenvalue weighted by atomic mass is 15.1. The zero-order valence-corrected chi connectivity index (χ0v) is 18.6. The Hall–Kier alpha value is -0.820. The second-order valence-corrected chi connectivity index (χ2v) is 8.27. The molecule has 1 heteroatoms. The van der Waals surface area contributed by atoms with Crippen molar-refractivity contribution < 1.29 is 0 Å². The van der Waals surface area contributed by atoms with Crippen LogP contribution in [-0.4, -0.2) is 24.5 Å². The molecule has 0 aliphatic carbocycles. The summed E-state index contributed by atoms with van der Waals surface area (Å²) in [5.41, 5.74) is 1.47. The molecule has 1 aromatic rings. The lowest BCUT2D eigenvalue weighted by molar-refractivity contribution is 0.284. The third kappa shape index (κ3) is 14.9. The summed E-state index contributed by atoms with van der Waals surface area (Å²) in [5.74, 6) is 0. The molecule has 0 aromatic heterocycles. The molecule has 0 N–H and O–H groups in total. The lowest BCUT2D eigenvalue weighted by Gasteiger charge is -2.20. The highest BCUT2D eigenvalue weighted by Crippen LogP contribution is 2.13. The number of unbranched alkanes of at least 4 members (excludes halogenated alkanes) is 13.